The Morgan fingerprint density at radius 1 is 1.29 bits per heavy atom. The number of carbonyl (C=O) groups is 1. The van der Waals surface area contributed by atoms with Gasteiger partial charge in [-0.3, -0.25) is 4.79 Å². The van der Waals surface area contributed by atoms with Gasteiger partial charge in [0.05, 0.1) is 0 Å². The minimum absolute atomic E-state index is 0.276. The third-order valence-electron chi connectivity index (χ3n) is 4.15. The van der Waals surface area contributed by atoms with Crippen LogP contribution < -0.4 is 0 Å². The summed E-state index contributed by atoms with van der Waals surface area (Å²) in [4.78, 5) is 13.6. The van der Waals surface area contributed by atoms with E-state index in [1.165, 1.54) is 19.3 Å². The maximum Gasteiger partial charge on any atom is 0.219 e. The van der Waals surface area contributed by atoms with Crippen molar-refractivity contribution < 1.29 is 4.79 Å². The average molecular weight is 195 g/mol. The lowest BCUT2D eigenvalue weighted by atomic mass is 9.76. The maximum atomic E-state index is 11.5. The highest BCUT2D eigenvalue weighted by atomic mass is 16.2. The molecule has 0 aromatic rings. The van der Waals surface area contributed by atoms with Gasteiger partial charge in [0, 0.05) is 19.5 Å². The summed E-state index contributed by atoms with van der Waals surface area (Å²) in [5.74, 6) is 2.59. The molecule has 0 radical (unpaired) electrons. The molecule has 0 aromatic heterocycles. The van der Waals surface area contributed by atoms with E-state index in [0.717, 1.165) is 24.3 Å². The molecule has 2 heteroatoms. The van der Waals surface area contributed by atoms with Gasteiger partial charge in [-0.2, -0.15) is 0 Å². The maximum absolute atomic E-state index is 11.5. The van der Waals surface area contributed by atoms with Crippen LogP contribution in [0, 0.1) is 17.8 Å². The fourth-order valence-electron chi connectivity index (χ4n) is 3.34. The van der Waals surface area contributed by atoms with Crippen LogP contribution in [0.2, 0.25) is 0 Å². The minimum Gasteiger partial charge on any atom is -0.339 e. The smallest absolute Gasteiger partial charge is 0.219 e. The van der Waals surface area contributed by atoms with Crippen molar-refractivity contribution in [1.29, 1.82) is 0 Å². The molecule has 2 rings (SSSR count). The zero-order valence-electron chi connectivity index (χ0n) is 9.49. The van der Waals surface area contributed by atoms with Crippen molar-refractivity contribution in [2.45, 2.75) is 46.1 Å². The molecule has 1 saturated carbocycles. The molecule has 80 valence electrons. The Labute approximate surface area is 86.7 Å². The summed E-state index contributed by atoms with van der Waals surface area (Å²) in [7, 11) is 0. The van der Waals surface area contributed by atoms with E-state index in [2.05, 4.69) is 18.7 Å². The van der Waals surface area contributed by atoms with Gasteiger partial charge in [-0.15, -0.1) is 0 Å². The molecular formula is C12H21NO. The van der Waals surface area contributed by atoms with Crippen LogP contribution in [-0.2, 0) is 4.79 Å². The van der Waals surface area contributed by atoms with Gasteiger partial charge in [0.15, 0.2) is 0 Å². The van der Waals surface area contributed by atoms with Gasteiger partial charge in [0.1, 0.15) is 0 Å². The molecule has 0 aromatic carbocycles. The summed E-state index contributed by atoms with van der Waals surface area (Å²) < 4.78 is 0. The molecule has 2 aliphatic rings. The Balaban J connectivity index is 2.13. The summed E-state index contributed by atoms with van der Waals surface area (Å²) >= 11 is 0. The highest BCUT2D eigenvalue weighted by molar-refractivity contribution is 5.74. The quantitative estimate of drug-likeness (QED) is 0.580. The Hall–Kier alpha value is -0.530. The lowest BCUT2D eigenvalue weighted by Crippen LogP contribution is -2.39. The van der Waals surface area contributed by atoms with Gasteiger partial charge in [-0.05, 0) is 30.6 Å². The minimum atomic E-state index is 0.276. The van der Waals surface area contributed by atoms with E-state index >= 15 is 0 Å². The number of likely N-dealkylation sites (tertiary alicyclic amines) is 1. The number of rotatable bonds is 0. The monoisotopic (exact) mass is 195 g/mol. The average Bonchev–Trinajstić information content (AvgIpc) is 2.43. The number of fused-ring (bicyclic) bond motifs is 1. The Bertz CT molecular complexity index is 238. The Morgan fingerprint density at radius 2 is 2.00 bits per heavy atom. The van der Waals surface area contributed by atoms with E-state index in [9.17, 15) is 4.79 Å². The van der Waals surface area contributed by atoms with Crippen LogP contribution in [-0.4, -0.2) is 23.4 Å². The van der Waals surface area contributed by atoms with Gasteiger partial charge in [0.25, 0.3) is 0 Å². The van der Waals surface area contributed by atoms with Crippen molar-refractivity contribution in [2.24, 2.45) is 17.8 Å². The van der Waals surface area contributed by atoms with Gasteiger partial charge < -0.3 is 4.90 Å². The summed E-state index contributed by atoms with van der Waals surface area (Å²) in [6.07, 6.45) is 3.92. The summed E-state index contributed by atoms with van der Waals surface area (Å²) in [6, 6.07) is 0.561. The number of hydrogen-bond acceptors (Lipinski definition) is 1. The van der Waals surface area contributed by atoms with E-state index < -0.39 is 0 Å². The molecule has 2 nitrogen and oxygen atoms in total. The summed E-state index contributed by atoms with van der Waals surface area (Å²) in [5.41, 5.74) is 0. The number of hydrogen-bond donors (Lipinski definition) is 0. The van der Waals surface area contributed by atoms with Crippen molar-refractivity contribution in [1.82, 2.24) is 4.90 Å². The highest BCUT2D eigenvalue weighted by Gasteiger charge is 2.42. The first-order valence-corrected chi connectivity index (χ1v) is 5.86. The van der Waals surface area contributed by atoms with Crippen molar-refractivity contribution in [2.75, 3.05) is 6.54 Å². The van der Waals surface area contributed by atoms with Crippen molar-refractivity contribution in [3.8, 4) is 0 Å². The number of amides is 1. The molecular weight excluding hydrogens is 174 g/mol. The van der Waals surface area contributed by atoms with Crippen LogP contribution in [0.3, 0.4) is 0 Å². The van der Waals surface area contributed by atoms with Crippen LogP contribution in [0.25, 0.3) is 0 Å². The molecule has 1 aliphatic heterocycles. The SMILES string of the molecule is CC(=O)N1C[C@H](C)[C@@H]2CC[C@@H](C)C[C@H]21. The molecule has 2 fully saturated rings. The lowest BCUT2D eigenvalue weighted by Gasteiger charge is -2.34. The second-order valence-electron chi connectivity index (χ2n) is 5.30. The topological polar surface area (TPSA) is 20.3 Å². The third-order valence-corrected chi connectivity index (χ3v) is 4.15. The molecule has 1 amide bonds. The third kappa shape index (κ3) is 1.55. The molecule has 1 aliphatic carbocycles. The van der Waals surface area contributed by atoms with Crippen molar-refractivity contribution in [3.05, 3.63) is 0 Å². The van der Waals surface area contributed by atoms with Gasteiger partial charge in [0.2, 0.25) is 5.91 Å². The fourth-order valence-corrected chi connectivity index (χ4v) is 3.34. The van der Waals surface area contributed by atoms with E-state index in [-0.39, 0.29) is 5.91 Å². The van der Waals surface area contributed by atoms with E-state index in [0.29, 0.717) is 6.04 Å². The molecule has 1 heterocycles. The van der Waals surface area contributed by atoms with Gasteiger partial charge >= 0.3 is 0 Å². The zero-order chi connectivity index (χ0) is 10.3. The van der Waals surface area contributed by atoms with E-state index in [1.807, 2.05) is 0 Å². The second kappa shape index (κ2) is 3.56. The van der Waals surface area contributed by atoms with Crippen molar-refractivity contribution in [3.63, 3.8) is 0 Å². The molecule has 0 unspecified atom stereocenters. The lowest BCUT2D eigenvalue weighted by molar-refractivity contribution is -0.130. The zero-order valence-corrected chi connectivity index (χ0v) is 9.49. The summed E-state index contributed by atoms with van der Waals surface area (Å²) in [6.45, 7) is 7.33. The first-order valence-electron chi connectivity index (χ1n) is 5.86. The molecule has 1 saturated heterocycles. The van der Waals surface area contributed by atoms with Crippen molar-refractivity contribution >= 4 is 5.91 Å². The van der Waals surface area contributed by atoms with Crippen LogP contribution in [0.15, 0.2) is 0 Å². The van der Waals surface area contributed by atoms with Gasteiger partial charge in [-0.25, -0.2) is 0 Å². The second-order valence-corrected chi connectivity index (χ2v) is 5.30. The predicted molar refractivity (Wildman–Crippen MR) is 56.8 cm³/mol. The van der Waals surface area contributed by atoms with Crippen LogP contribution in [0.1, 0.15) is 40.0 Å². The first-order chi connectivity index (χ1) is 6.59. The van der Waals surface area contributed by atoms with E-state index in [1.54, 1.807) is 6.92 Å². The largest absolute Gasteiger partial charge is 0.339 e. The normalized spacial score (nSPS) is 42.4. The summed E-state index contributed by atoms with van der Waals surface area (Å²) in [5, 5.41) is 0. The van der Waals surface area contributed by atoms with Gasteiger partial charge in [-0.1, -0.05) is 20.3 Å². The fraction of sp³-hybridized carbons (Fsp3) is 0.917. The molecule has 14 heavy (non-hydrogen) atoms. The number of carbonyl (C=O) groups excluding carboxylic acids is 1. The van der Waals surface area contributed by atoms with E-state index in [4.69, 9.17) is 0 Å². The Morgan fingerprint density at radius 3 is 2.64 bits per heavy atom. The number of nitrogens with zero attached hydrogens (tertiary/aromatic N) is 1. The van der Waals surface area contributed by atoms with Crippen LogP contribution in [0.4, 0.5) is 0 Å². The van der Waals surface area contributed by atoms with Crippen LogP contribution >= 0.6 is 0 Å². The molecule has 4 atom stereocenters. The Kier molecular flexibility index (Phi) is 2.54. The molecule has 0 spiro atoms. The standard InChI is InChI=1S/C12H21NO/c1-8-4-5-11-9(2)7-13(10(3)14)12(11)6-8/h8-9,11-12H,4-7H2,1-3H3/t8-,9+,11+,12-/m1/s1. The first kappa shape index (κ1) is 10.0. The predicted octanol–water partition coefficient (Wildman–Crippen LogP) is 2.29. The highest BCUT2D eigenvalue weighted by Crippen LogP contribution is 2.41. The van der Waals surface area contributed by atoms with Crippen LogP contribution in [0.5, 0.6) is 0 Å². The molecule has 0 bridgehead atoms. The molecule has 0 N–H and O–H groups in total.